The molecular formula is C10H11ClN2O5. The zero-order valence-corrected chi connectivity index (χ0v) is 10.3. The third kappa shape index (κ3) is 3.94. The molecule has 0 atom stereocenters. The van der Waals surface area contributed by atoms with Crippen molar-refractivity contribution in [3.05, 3.63) is 33.1 Å². The van der Waals surface area contributed by atoms with Crippen molar-refractivity contribution in [2.24, 2.45) is 0 Å². The molecule has 0 radical (unpaired) electrons. The smallest absolute Gasteiger partial charge is 0.345 e. The third-order valence-electron chi connectivity index (χ3n) is 1.99. The molecule has 0 fully saturated rings. The molecule has 0 unspecified atom stereocenters. The predicted octanol–water partition coefficient (Wildman–Crippen LogP) is 1.84. The van der Waals surface area contributed by atoms with Crippen LogP contribution in [0.15, 0.2) is 12.3 Å². The molecular weight excluding hydrogens is 264 g/mol. The van der Waals surface area contributed by atoms with E-state index in [4.69, 9.17) is 21.1 Å². The van der Waals surface area contributed by atoms with Gasteiger partial charge in [0.2, 0.25) is 0 Å². The molecule has 1 heterocycles. The zero-order valence-electron chi connectivity index (χ0n) is 9.59. The van der Waals surface area contributed by atoms with Gasteiger partial charge < -0.3 is 9.47 Å². The summed E-state index contributed by atoms with van der Waals surface area (Å²) in [6.07, 6.45) is 1.43. The van der Waals surface area contributed by atoms with E-state index in [2.05, 4.69) is 4.98 Å². The fraction of sp³-hybridized carbons (Fsp3) is 0.400. The summed E-state index contributed by atoms with van der Waals surface area (Å²) in [5.74, 6) is -0.804. The maximum Gasteiger partial charge on any atom is 0.345 e. The van der Waals surface area contributed by atoms with Gasteiger partial charge in [0.05, 0.1) is 11.5 Å². The monoisotopic (exact) mass is 274 g/mol. The van der Waals surface area contributed by atoms with Crippen molar-refractivity contribution < 1.29 is 19.2 Å². The molecule has 18 heavy (non-hydrogen) atoms. The fourth-order valence-corrected chi connectivity index (χ4v) is 1.34. The molecule has 0 saturated heterocycles. The fourth-order valence-electron chi connectivity index (χ4n) is 1.18. The highest BCUT2D eigenvalue weighted by atomic mass is 35.5. The van der Waals surface area contributed by atoms with E-state index >= 15 is 0 Å². The highest BCUT2D eigenvalue weighted by Gasteiger charge is 2.22. The highest BCUT2D eigenvalue weighted by Crippen LogP contribution is 2.21. The van der Waals surface area contributed by atoms with Crippen LogP contribution in [0, 0.1) is 10.1 Å². The Morgan fingerprint density at radius 2 is 2.28 bits per heavy atom. The van der Waals surface area contributed by atoms with Crippen molar-refractivity contribution in [3.8, 4) is 0 Å². The summed E-state index contributed by atoms with van der Waals surface area (Å²) in [5, 5.41) is 10.7. The second-order valence-corrected chi connectivity index (χ2v) is 3.65. The molecule has 98 valence electrons. The number of carbonyl (C=O) groups excluding carboxylic acids is 1. The van der Waals surface area contributed by atoms with E-state index in [9.17, 15) is 14.9 Å². The molecule has 0 N–H and O–H groups in total. The first-order valence-corrected chi connectivity index (χ1v) is 5.40. The predicted molar refractivity (Wildman–Crippen MR) is 62.7 cm³/mol. The van der Waals surface area contributed by atoms with Crippen molar-refractivity contribution in [3.63, 3.8) is 0 Å². The minimum Gasteiger partial charge on any atom is -0.462 e. The number of ether oxygens (including phenoxy) is 2. The van der Waals surface area contributed by atoms with Gasteiger partial charge in [-0.2, -0.15) is 0 Å². The quantitative estimate of drug-likeness (QED) is 0.258. The lowest BCUT2D eigenvalue weighted by Crippen LogP contribution is -2.10. The number of hydrogen-bond acceptors (Lipinski definition) is 6. The van der Waals surface area contributed by atoms with Gasteiger partial charge in [-0.25, -0.2) is 9.78 Å². The highest BCUT2D eigenvalue weighted by molar-refractivity contribution is 6.29. The summed E-state index contributed by atoms with van der Waals surface area (Å²) in [5.41, 5.74) is -0.645. The normalized spacial score (nSPS) is 10.1. The first kappa shape index (κ1) is 14.3. The largest absolute Gasteiger partial charge is 0.462 e. The van der Waals surface area contributed by atoms with Gasteiger partial charge in [-0.3, -0.25) is 10.1 Å². The van der Waals surface area contributed by atoms with Crippen LogP contribution in [-0.4, -0.2) is 36.2 Å². The minimum atomic E-state index is -0.804. The van der Waals surface area contributed by atoms with Gasteiger partial charge in [0.25, 0.3) is 0 Å². The van der Waals surface area contributed by atoms with Gasteiger partial charge in [0, 0.05) is 20.1 Å². The third-order valence-corrected chi connectivity index (χ3v) is 2.20. The van der Waals surface area contributed by atoms with E-state index in [0.29, 0.717) is 13.0 Å². The number of rotatable bonds is 6. The lowest BCUT2D eigenvalue weighted by molar-refractivity contribution is -0.385. The maximum absolute atomic E-state index is 11.6. The molecule has 0 saturated carbocycles. The molecule has 8 heteroatoms. The molecule has 0 bridgehead atoms. The van der Waals surface area contributed by atoms with Crippen LogP contribution >= 0.6 is 11.6 Å². The maximum atomic E-state index is 11.6. The molecule has 0 aliphatic heterocycles. The molecule has 0 aliphatic rings. The van der Waals surface area contributed by atoms with Crippen LogP contribution in [0.4, 0.5) is 5.69 Å². The van der Waals surface area contributed by atoms with Crippen LogP contribution < -0.4 is 0 Å². The Labute approximate surface area is 108 Å². The SMILES string of the molecule is COCCCOC(=O)c1cc(Cl)ncc1[N+](=O)[O-]. The van der Waals surface area contributed by atoms with E-state index in [0.717, 1.165) is 12.3 Å². The van der Waals surface area contributed by atoms with Gasteiger partial charge in [0.1, 0.15) is 16.9 Å². The first-order valence-electron chi connectivity index (χ1n) is 5.02. The molecule has 1 aromatic rings. The Kier molecular flexibility index (Phi) is 5.47. The van der Waals surface area contributed by atoms with Gasteiger partial charge in [-0.05, 0) is 6.07 Å². The molecule has 1 aromatic heterocycles. The minimum absolute atomic E-state index is 0.00978. The van der Waals surface area contributed by atoms with Gasteiger partial charge >= 0.3 is 11.7 Å². The van der Waals surface area contributed by atoms with Crippen LogP contribution in [0.2, 0.25) is 5.15 Å². The Bertz CT molecular complexity index is 452. The lowest BCUT2D eigenvalue weighted by atomic mass is 10.2. The number of aromatic nitrogens is 1. The molecule has 0 spiro atoms. The van der Waals surface area contributed by atoms with Crippen LogP contribution in [0.5, 0.6) is 0 Å². The summed E-state index contributed by atoms with van der Waals surface area (Å²) in [4.78, 5) is 25.2. The Morgan fingerprint density at radius 3 is 2.89 bits per heavy atom. The molecule has 0 amide bonds. The van der Waals surface area contributed by atoms with Crippen LogP contribution in [-0.2, 0) is 9.47 Å². The van der Waals surface area contributed by atoms with Crippen molar-refractivity contribution in [2.45, 2.75) is 6.42 Å². The van der Waals surface area contributed by atoms with E-state index in [1.165, 1.54) is 7.11 Å². The average molecular weight is 275 g/mol. The van der Waals surface area contributed by atoms with Crippen molar-refractivity contribution in [1.29, 1.82) is 0 Å². The van der Waals surface area contributed by atoms with Crippen molar-refractivity contribution >= 4 is 23.3 Å². The van der Waals surface area contributed by atoms with E-state index in [-0.39, 0.29) is 17.3 Å². The molecule has 0 aliphatic carbocycles. The van der Waals surface area contributed by atoms with Crippen LogP contribution in [0.25, 0.3) is 0 Å². The Morgan fingerprint density at radius 1 is 1.56 bits per heavy atom. The van der Waals surface area contributed by atoms with Crippen molar-refractivity contribution in [2.75, 3.05) is 20.3 Å². The first-order chi connectivity index (χ1) is 8.56. The lowest BCUT2D eigenvalue weighted by Gasteiger charge is -2.05. The molecule has 0 aromatic carbocycles. The average Bonchev–Trinajstić information content (AvgIpc) is 2.34. The molecule has 7 nitrogen and oxygen atoms in total. The number of hydrogen-bond donors (Lipinski definition) is 0. The number of carbonyl (C=O) groups is 1. The summed E-state index contributed by atoms with van der Waals surface area (Å²) >= 11 is 5.59. The van der Waals surface area contributed by atoms with Crippen molar-refractivity contribution in [1.82, 2.24) is 4.98 Å². The second-order valence-electron chi connectivity index (χ2n) is 3.26. The number of pyridine rings is 1. The van der Waals surface area contributed by atoms with Gasteiger partial charge in [-0.15, -0.1) is 0 Å². The number of methoxy groups -OCH3 is 1. The number of halogens is 1. The molecule has 1 rings (SSSR count). The summed E-state index contributed by atoms with van der Waals surface area (Å²) in [7, 11) is 1.52. The number of esters is 1. The summed E-state index contributed by atoms with van der Waals surface area (Å²) in [6, 6.07) is 1.11. The number of nitro groups is 1. The second kappa shape index (κ2) is 6.87. The van der Waals surface area contributed by atoms with Gasteiger partial charge in [-0.1, -0.05) is 11.6 Å². The zero-order chi connectivity index (χ0) is 13.5. The van der Waals surface area contributed by atoms with Crippen LogP contribution in [0.3, 0.4) is 0 Å². The van der Waals surface area contributed by atoms with E-state index in [1.54, 1.807) is 0 Å². The summed E-state index contributed by atoms with van der Waals surface area (Å²) in [6.45, 7) is 0.552. The Hall–Kier alpha value is -1.73. The van der Waals surface area contributed by atoms with E-state index in [1.807, 2.05) is 0 Å². The number of nitrogens with zero attached hydrogens (tertiary/aromatic N) is 2. The van der Waals surface area contributed by atoms with Gasteiger partial charge in [0.15, 0.2) is 0 Å². The topological polar surface area (TPSA) is 91.6 Å². The van der Waals surface area contributed by atoms with Crippen LogP contribution in [0.1, 0.15) is 16.8 Å². The standard InChI is InChI=1S/C10H11ClN2O5/c1-17-3-2-4-18-10(14)7-5-9(11)12-6-8(7)13(15)16/h5-6H,2-4H2,1H3. The Balaban J connectivity index is 2.77. The van der Waals surface area contributed by atoms with E-state index < -0.39 is 16.6 Å². The summed E-state index contributed by atoms with van der Waals surface area (Å²) < 4.78 is 9.65.